The summed E-state index contributed by atoms with van der Waals surface area (Å²) in [6.45, 7) is 0.354. The zero-order valence-electron chi connectivity index (χ0n) is 9.23. The van der Waals surface area contributed by atoms with E-state index in [2.05, 4.69) is 0 Å². The van der Waals surface area contributed by atoms with Gasteiger partial charge in [-0.05, 0) is 5.56 Å². The molecule has 3 atom stereocenters. The molecule has 0 aromatic heterocycles. The van der Waals surface area contributed by atoms with Gasteiger partial charge in [0.2, 0.25) is 0 Å². The van der Waals surface area contributed by atoms with Crippen LogP contribution in [-0.4, -0.2) is 51.0 Å². The first kappa shape index (κ1) is 12.0. The third-order valence-corrected chi connectivity index (χ3v) is 2.91. The van der Waals surface area contributed by atoms with Gasteiger partial charge in [-0.1, -0.05) is 30.3 Å². The third kappa shape index (κ3) is 2.46. The molecule has 0 saturated carbocycles. The van der Waals surface area contributed by atoms with Gasteiger partial charge in [-0.15, -0.1) is 0 Å². The molecule has 1 aliphatic heterocycles. The van der Waals surface area contributed by atoms with Crippen LogP contribution < -0.4 is 0 Å². The minimum Gasteiger partial charge on any atom is -0.388 e. The van der Waals surface area contributed by atoms with E-state index in [1.54, 1.807) is 0 Å². The molecule has 0 spiro atoms. The van der Waals surface area contributed by atoms with Gasteiger partial charge in [0.05, 0.1) is 0 Å². The van der Waals surface area contributed by atoms with Crippen molar-refractivity contribution in [1.82, 2.24) is 4.90 Å². The van der Waals surface area contributed by atoms with Gasteiger partial charge in [0.15, 0.2) is 6.10 Å². The van der Waals surface area contributed by atoms with Crippen molar-refractivity contribution in [3.05, 3.63) is 35.9 Å². The van der Waals surface area contributed by atoms with Crippen molar-refractivity contribution in [2.45, 2.75) is 24.9 Å². The van der Waals surface area contributed by atoms with Crippen LogP contribution >= 0.6 is 0 Å². The average molecular weight is 237 g/mol. The zero-order chi connectivity index (χ0) is 12.4. The molecule has 1 heterocycles. The summed E-state index contributed by atoms with van der Waals surface area (Å²) in [4.78, 5) is 13.0. The molecule has 17 heavy (non-hydrogen) atoms. The van der Waals surface area contributed by atoms with E-state index in [0.717, 1.165) is 5.56 Å². The van der Waals surface area contributed by atoms with E-state index >= 15 is 0 Å². The monoisotopic (exact) mass is 237 g/mol. The number of piperidine rings is 1. The lowest BCUT2D eigenvalue weighted by Crippen LogP contribution is -2.58. The molecule has 1 saturated heterocycles. The molecule has 0 radical (unpaired) electrons. The molecule has 0 unspecified atom stereocenters. The average Bonchev–Trinajstić information content (AvgIpc) is 2.35. The Hall–Kier alpha value is -1.43. The molecule has 1 amide bonds. The largest absolute Gasteiger partial charge is 0.388 e. The summed E-state index contributed by atoms with van der Waals surface area (Å²) >= 11 is 0. The van der Waals surface area contributed by atoms with Gasteiger partial charge in [-0.3, -0.25) is 4.79 Å². The fourth-order valence-corrected chi connectivity index (χ4v) is 1.91. The molecule has 0 bridgehead atoms. The summed E-state index contributed by atoms with van der Waals surface area (Å²) in [6, 6.07) is 9.29. The maximum absolute atomic E-state index is 11.7. The van der Waals surface area contributed by atoms with Crippen LogP contribution in [0.5, 0.6) is 0 Å². The molecule has 5 heteroatoms. The van der Waals surface area contributed by atoms with Crippen LogP contribution in [0.15, 0.2) is 30.3 Å². The fourth-order valence-electron chi connectivity index (χ4n) is 1.91. The van der Waals surface area contributed by atoms with Crippen molar-refractivity contribution < 1.29 is 20.1 Å². The van der Waals surface area contributed by atoms with Crippen LogP contribution in [-0.2, 0) is 11.3 Å². The molecule has 1 fully saturated rings. The number of aliphatic hydroxyl groups is 3. The summed E-state index contributed by atoms with van der Waals surface area (Å²) in [5, 5.41) is 28.3. The Morgan fingerprint density at radius 1 is 1.18 bits per heavy atom. The Balaban J connectivity index is 2.09. The first-order valence-corrected chi connectivity index (χ1v) is 5.46. The number of hydrogen-bond donors (Lipinski definition) is 3. The van der Waals surface area contributed by atoms with Gasteiger partial charge in [0, 0.05) is 13.1 Å². The first-order chi connectivity index (χ1) is 8.09. The fraction of sp³-hybridized carbons (Fsp3) is 0.417. The zero-order valence-corrected chi connectivity index (χ0v) is 9.23. The van der Waals surface area contributed by atoms with Crippen molar-refractivity contribution in [1.29, 1.82) is 0 Å². The summed E-state index contributed by atoms with van der Waals surface area (Å²) in [5.74, 6) is -0.549. The van der Waals surface area contributed by atoms with Crippen molar-refractivity contribution in [2.75, 3.05) is 6.54 Å². The summed E-state index contributed by atoms with van der Waals surface area (Å²) < 4.78 is 0. The smallest absolute Gasteiger partial charge is 0.254 e. The Labute approximate surface area is 98.9 Å². The number of nitrogens with zero attached hydrogens (tertiary/aromatic N) is 1. The highest BCUT2D eigenvalue weighted by molar-refractivity contribution is 5.82. The molecule has 1 aromatic carbocycles. The van der Waals surface area contributed by atoms with Crippen LogP contribution in [0.25, 0.3) is 0 Å². The van der Waals surface area contributed by atoms with Crippen molar-refractivity contribution in [3.63, 3.8) is 0 Å². The van der Waals surface area contributed by atoms with E-state index in [4.69, 9.17) is 0 Å². The number of rotatable bonds is 2. The minimum absolute atomic E-state index is 0.0337. The number of carbonyl (C=O) groups is 1. The molecule has 1 aromatic rings. The van der Waals surface area contributed by atoms with Gasteiger partial charge in [-0.25, -0.2) is 0 Å². The van der Waals surface area contributed by atoms with E-state index in [-0.39, 0.29) is 6.54 Å². The summed E-state index contributed by atoms with van der Waals surface area (Å²) in [7, 11) is 0. The topological polar surface area (TPSA) is 81.0 Å². The van der Waals surface area contributed by atoms with Gasteiger partial charge in [0.1, 0.15) is 12.2 Å². The van der Waals surface area contributed by atoms with Crippen LogP contribution in [0, 0.1) is 0 Å². The highest BCUT2D eigenvalue weighted by Gasteiger charge is 2.39. The molecule has 3 N–H and O–H groups in total. The van der Waals surface area contributed by atoms with E-state index < -0.39 is 24.2 Å². The quantitative estimate of drug-likeness (QED) is 0.623. The van der Waals surface area contributed by atoms with E-state index in [9.17, 15) is 20.1 Å². The van der Waals surface area contributed by atoms with Crippen molar-refractivity contribution in [3.8, 4) is 0 Å². The molecule has 92 valence electrons. The first-order valence-electron chi connectivity index (χ1n) is 5.46. The second-order valence-corrected chi connectivity index (χ2v) is 4.21. The maximum atomic E-state index is 11.7. The Morgan fingerprint density at radius 3 is 2.47 bits per heavy atom. The maximum Gasteiger partial charge on any atom is 0.254 e. The predicted octanol–water partition coefficient (Wildman–Crippen LogP) is -0.889. The van der Waals surface area contributed by atoms with Crippen molar-refractivity contribution in [2.24, 2.45) is 0 Å². The van der Waals surface area contributed by atoms with E-state index in [1.807, 2.05) is 30.3 Å². The summed E-state index contributed by atoms with van der Waals surface area (Å²) in [6.07, 6.45) is -4.04. The minimum atomic E-state index is -1.54. The predicted molar refractivity (Wildman–Crippen MR) is 59.9 cm³/mol. The molecule has 1 aliphatic rings. The molecule has 5 nitrogen and oxygen atoms in total. The van der Waals surface area contributed by atoms with Gasteiger partial charge in [0.25, 0.3) is 5.91 Å². The highest BCUT2D eigenvalue weighted by atomic mass is 16.4. The van der Waals surface area contributed by atoms with Crippen LogP contribution in [0.3, 0.4) is 0 Å². The lowest BCUT2D eigenvalue weighted by molar-refractivity contribution is -0.166. The lowest BCUT2D eigenvalue weighted by Gasteiger charge is -2.36. The van der Waals surface area contributed by atoms with E-state index in [1.165, 1.54) is 4.90 Å². The van der Waals surface area contributed by atoms with Crippen LogP contribution in [0.2, 0.25) is 0 Å². The SMILES string of the molecule is O=C1[C@H](O)[C@H](O)[C@H](O)CN1Cc1ccccc1. The highest BCUT2D eigenvalue weighted by Crippen LogP contribution is 2.16. The van der Waals surface area contributed by atoms with Gasteiger partial charge < -0.3 is 20.2 Å². The van der Waals surface area contributed by atoms with Crippen LogP contribution in [0.4, 0.5) is 0 Å². The molecule has 0 aliphatic carbocycles. The Morgan fingerprint density at radius 2 is 1.82 bits per heavy atom. The number of hydrogen-bond acceptors (Lipinski definition) is 4. The van der Waals surface area contributed by atoms with Crippen LogP contribution in [0.1, 0.15) is 5.56 Å². The van der Waals surface area contributed by atoms with Gasteiger partial charge in [-0.2, -0.15) is 0 Å². The number of carbonyl (C=O) groups excluding carboxylic acids is 1. The number of β-amino-alcohol motifs (C(OH)–C–C–N with tert-alkyl or cyclic N) is 1. The Kier molecular flexibility index (Phi) is 3.42. The number of amides is 1. The molecular formula is C12H15NO4. The summed E-state index contributed by atoms with van der Waals surface area (Å²) in [5.41, 5.74) is 0.914. The number of likely N-dealkylation sites (tertiary alicyclic amines) is 1. The number of aliphatic hydroxyl groups excluding tert-OH is 3. The standard InChI is InChI=1S/C12H15NO4/c14-9-7-13(12(17)11(16)10(9)15)6-8-4-2-1-3-5-8/h1-5,9-11,14-16H,6-7H2/t9-,10-,11-/m1/s1. The Bertz CT molecular complexity index is 395. The second kappa shape index (κ2) is 4.83. The van der Waals surface area contributed by atoms with E-state index in [0.29, 0.717) is 6.54 Å². The molecular weight excluding hydrogens is 222 g/mol. The van der Waals surface area contributed by atoms with Crippen molar-refractivity contribution >= 4 is 5.91 Å². The third-order valence-electron chi connectivity index (χ3n) is 2.91. The number of benzene rings is 1. The molecule has 2 rings (SSSR count). The second-order valence-electron chi connectivity index (χ2n) is 4.21. The van der Waals surface area contributed by atoms with Gasteiger partial charge >= 0.3 is 0 Å². The normalized spacial score (nSPS) is 29.5. The lowest BCUT2D eigenvalue weighted by atomic mass is 10.0.